The number of anilines is 1. The van der Waals surface area contributed by atoms with Crippen molar-refractivity contribution >= 4 is 39.7 Å². The summed E-state index contributed by atoms with van der Waals surface area (Å²) in [5, 5.41) is 14.6. The van der Waals surface area contributed by atoms with Gasteiger partial charge in [-0.2, -0.15) is 4.41 Å². The van der Waals surface area contributed by atoms with Crippen molar-refractivity contribution in [2.75, 3.05) is 30.7 Å². The van der Waals surface area contributed by atoms with Gasteiger partial charge in [0.15, 0.2) is 11.6 Å². The zero-order valence-corrected chi connectivity index (χ0v) is 28.1. The van der Waals surface area contributed by atoms with Crippen molar-refractivity contribution in [2.24, 2.45) is 0 Å². The fourth-order valence-electron chi connectivity index (χ4n) is 5.86. The molecule has 0 amide bonds. The summed E-state index contributed by atoms with van der Waals surface area (Å²) in [4.78, 5) is 32.3. The highest BCUT2D eigenvalue weighted by molar-refractivity contribution is 7.80. The number of carboxylic acid groups (broad SMARTS) is 1. The number of aryl methyl sites for hydroxylation is 1. The Balaban J connectivity index is 1.18. The largest absolute Gasteiger partial charge is 0.491 e. The molecule has 0 saturated carbocycles. The van der Waals surface area contributed by atoms with Crippen molar-refractivity contribution in [3.8, 4) is 16.9 Å². The van der Waals surface area contributed by atoms with E-state index in [1.165, 1.54) is 6.20 Å². The number of nitrogens with zero attached hydrogens (tertiary/aromatic N) is 4. The van der Waals surface area contributed by atoms with Gasteiger partial charge in [-0.25, -0.2) is 27.4 Å². The highest BCUT2D eigenvalue weighted by Crippen LogP contribution is 2.33. The third-order valence-corrected chi connectivity index (χ3v) is 9.12. The Kier molecular flexibility index (Phi) is 10.2. The van der Waals surface area contributed by atoms with E-state index in [-0.39, 0.29) is 61.5 Å². The lowest BCUT2D eigenvalue weighted by Crippen LogP contribution is -2.43. The Bertz CT molecular complexity index is 2110. The van der Waals surface area contributed by atoms with E-state index in [4.69, 9.17) is 14.0 Å². The SMILES string of the molecule is Cc1cc(C(C)(CC(=O)O)OCCOc2ccc(-c3cnc4[nH]cc(C(=O)c5c(F)ccc(N(N6CC[C@@H](F)C6)S(=O)O)c5F)c4c3)cc2)on1. The van der Waals surface area contributed by atoms with Crippen LogP contribution in [0.25, 0.3) is 22.2 Å². The Morgan fingerprint density at radius 1 is 1.16 bits per heavy atom. The minimum absolute atomic E-state index is 0.0183. The summed E-state index contributed by atoms with van der Waals surface area (Å²) in [5.74, 6) is -3.88. The minimum Gasteiger partial charge on any atom is -0.491 e. The second-order valence-electron chi connectivity index (χ2n) is 12.1. The average Bonchev–Trinajstić information content (AvgIpc) is 3.84. The number of hydrogen-bond donors (Lipinski definition) is 3. The first-order valence-corrected chi connectivity index (χ1v) is 16.7. The summed E-state index contributed by atoms with van der Waals surface area (Å²) >= 11 is -2.84. The van der Waals surface area contributed by atoms with Gasteiger partial charge < -0.3 is 24.1 Å². The number of halogens is 3. The molecular weight excluding hydrogens is 695 g/mol. The summed E-state index contributed by atoms with van der Waals surface area (Å²) in [6, 6.07) is 11.9. The van der Waals surface area contributed by atoms with Gasteiger partial charge in [-0.05, 0) is 56.2 Å². The molecule has 2 unspecified atom stereocenters. The molecule has 2 aromatic carbocycles. The van der Waals surface area contributed by atoms with Gasteiger partial charge in [-0.3, -0.25) is 14.1 Å². The molecule has 17 heteroatoms. The molecule has 13 nitrogen and oxygen atoms in total. The van der Waals surface area contributed by atoms with Crippen molar-refractivity contribution < 1.29 is 50.6 Å². The molecule has 3 aromatic heterocycles. The summed E-state index contributed by atoms with van der Waals surface area (Å²) in [7, 11) is 0. The monoisotopic (exact) mass is 727 g/mol. The topological polar surface area (TPSA) is 171 Å². The van der Waals surface area contributed by atoms with Gasteiger partial charge in [0.1, 0.15) is 41.3 Å². The predicted molar refractivity (Wildman–Crippen MR) is 178 cm³/mol. The van der Waals surface area contributed by atoms with Gasteiger partial charge in [-0.1, -0.05) is 17.3 Å². The van der Waals surface area contributed by atoms with Crippen LogP contribution in [0.1, 0.15) is 47.1 Å². The van der Waals surface area contributed by atoms with Crippen molar-refractivity contribution in [3.63, 3.8) is 0 Å². The molecule has 3 N–H and O–H groups in total. The summed E-state index contributed by atoms with van der Waals surface area (Å²) < 4.78 is 84.4. The molecule has 6 rings (SSSR count). The Labute approximate surface area is 291 Å². The number of benzene rings is 2. The first kappa shape index (κ1) is 35.7. The molecule has 1 fully saturated rings. The van der Waals surface area contributed by atoms with Crippen LogP contribution >= 0.6 is 0 Å². The second-order valence-corrected chi connectivity index (χ2v) is 12.9. The van der Waals surface area contributed by atoms with E-state index in [0.29, 0.717) is 27.0 Å². The maximum Gasteiger partial charge on any atom is 0.306 e. The number of rotatable bonds is 14. The summed E-state index contributed by atoms with van der Waals surface area (Å²) in [6.45, 7) is 3.20. The van der Waals surface area contributed by atoms with Crippen LogP contribution in [0, 0.1) is 18.6 Å². The molecule has 0 bridgehead atoms. The quantitative estimate of drug-likeness (QED) is 0.0726. The van der Waals surface area contributed by atoms with Crippen LogP contribution in [0.4, 0.5) is 18.9 Å². The number of carbonyl (C=O) groups is 2. The lowest BCUT2D eigenvalue weighted by Gasteiger charge is -2.29. The van der Waals surface area contributed by atoms with Crippen LogP contribution in [0.3, 0.4) is 0 Å². The van der Waals surface area contributed by atoms with Crippen LogP contribution in [0.15, 0.2) is 65.4 Å². The number of pyridine rings is 1. The van der Waals surface area contributed by atoms with Crippen LogP contribution in [-0.2, 0) is 26.4 Å². The Morgan fingerprint density at radius 3 is 2.57 bits per heavy atom. The lowest BCUT2D eigenvalue weighted by molar-refractivity contribution is -0.147. The molecule has 0 aliphatic carbocycles. The van der Waals surface area contributed by atoms with E-state index in [1.807, 2.05) is 0 Å². The molecule has 5 aromatic rings. The van der Waals surface area contributed by atoms with E-state index < -0.39 is 57.7 Å². The number of ketones is 1. The average molecular weight is 728 g/mol. The van der Waals surface area contributed by atoms with E-state index in [2.05, 4.69) is 15.1 Å². The van der Waals surface area contributed by atoms with Crippen molar-refractivity contribution in [1.82, 2.24) is 20.1 Å². The number of fused-ring (bicyclic) bond motifs is 1. The van der Waals surface area contributed by atoms with Gasteiger partial charge in [-0.15, -0.1) is 0 Å². The Morgan fingerprint density at radius 2 is 1.92 bits per heavy atom. The number of nitrogens with one attached hydrogen (secondary N) is 1. The number of hydrogen-bond acceptors (Lipinski definition) is 9. The van der Waals surface area contributed by atoms with Gasteiger partial charge in [0.2, 0.25) is 5.78 Å². The number of aromatic amines is 1. The number of H-pyrrole nitrogens is 1. The highest BCUT2D eigenvalue weighted by atomic mass is 32.2. The van der Waals surface area contributed by atoms with E-state index in [1.54, 1.807) is 56.4 Å². The molecule has 0 radical (unpaired) electrons. The number of aromatic nitrogens is 3. The molecule has 4 heterocycles. The lowest BCUT2D eigenvalue weighted by atomic mass is 9.98. The third kappa shape index (κ3) is 7.51. The van der Waals surface area contributed by atoms with Crippen molar-refractivity contribution in [1.29, 1.82) is 0 Å². The molecular formula is C34H32F3N5O8S. The van der Waals surface area contributed by atoms with Crippen molar-refractivity contribution in [2.45, 2.75) is 38.5 Å². The normalized spacial score (nSPS) is 16.6. The molecule has 1 saturated heterocycles. The number of ether oxygens (including phenoxy) is 2. The van der Waals surface area contributed by atoms with E-state index >= 15 is 8.78 Å². The number of carboxylic acids is 1. The number of alkyl halides is 1. The molecule has 0 spiro atoms. The second kappa shape index (κ2) is 14.6. The summed E-state index contributed by atoms with van der Waals surface area (Å²) in [5.41, 5.74) is -0.728. The maximum atomic E-state index is 15.9. The van der Waals surface area contributed by atoms with Crippen LogP contribution in [0.5, 0.6) is 5.75 Å². The number of carbonyl (C=O) groups excluding carboxylic acids is 1. The van der Waals surface area contributed by atoms with E-state index in [9.17, 15) is 27.8 Å². The van der Waals surface area contributed by atoms with Gasteiger partial charge in [0.25, 0.3) is 11.3 Å². The third-order valence-electron chi connectivity index (χ3n) is 8.39. The standard InChI is InChI=1S/C34H32F3N5O8S/c1-19-13-28(50-40-19)34(2,15-29(43)44)49-12-11-48-23-5-3-20(4-6-23)21-14-24-25(17-39-33(24)38-16-21)32(45)30-26(36)7-8-27(31(30)37)42(51(46)47)41-10-9-22(35)18-41/h3-8,13-14,16-17,22H,9-12,15,18H2,1-2H3,(H,38,39)(H,43,44)(H,46,47)/t22-,34?/m1/s1. The first-order chi connectivity index (χ1) is 24.3. The maximum absolute atomic E-state index is 15.9. The minimum atomic E-state index is -2.84. The fourth-order valence-corrected chi connectivity index (χ4v) is 6.52. The molecule has 1 aliphatic heterocycles. The van der Waals surface area contributed by atoms with Crippen LogP contribution < -0.4 is 9.15 Å². The first-order valence-electron chi connectivity index (χ1n) is 15.7. The van der Waals surface area contributed by atoms with Gasteiger partial charge in [0, 0.05) is 41.5 Å². The van der Waals surface area contributed by atoms with Crippen LogP contribution in [0.2, 0.25) is 0 Å². The van der Waals surface area contributed by atoms with E-state index in [0.717, 1.165) is 17.1 Å². The molecule has 51 heavy (non-hydrogen) atoms. The zero-order valence-electron chi connectivity index (χ0n) is 27.3. The van der Waals surface area contributed by atoms with Crippen molar-refractivity contribution in [3.05, 3.63) is 95.1 Å². The number of hydrazine groups is 1. The van der Waals surface area contributed by atoms with Gasteiger partial charge >= 0.3 is 5.97 Å². The summed E-state index contributed by atoms with van der Waals surface area (Å²) in [6.07, 6.45) is 1.23. The fraction of sp³-hybridized carbons (Fsp3) is 0.294. The highest BCUT2D eigenvalue weighted by Gasteiger charge is 2.36. The number of aliphatic carboxylic acids is 1. The molecule has 268 valence electrons. The Hall–Kier alpha value is -5.10. The van der Waals surface area contributed by atoms with Crippen LogP contribution in [-0.4, -0.2) is 78.2 Å². The molecule has 1 aliphatic rings. The smallest absolute Gasteiger partial charge is 0.306 e. The zero-order chi connectivity index (χ0) is 36.4. The predicted octanol–water partition coefficient (Wildman–Crippen LogP) is 5.72. The molecule has 3 atom stereocenters. The van der Waals surface area contributed by atoms with Gasteiger partial charge in [0.05, 0.1) is 30.8 Å².